The molecule has 168 valence electrons. The van der Waals surface area contributed by atoms with Gasteiger partial charge in [0.05, 0.1) is 17.6 Å². The second-order valence-corrected chi connectivity index (χ2v) is 10.0. The molecule has 4 aromatic rings. The summed E-state index contributed by atoms with van der Waals surface area (Å²) in [5.74, 6) is 0.898. The van der Waals surface area contributed by atoms with Crippen LogP contribution in [0.15, 0.2) is 24.3 Å². The predicted octanol–water partition coefficient (Wildman–Crippen LogP) is 3.66. The van der Waals surface area contributed by atoms with Crippen molar-refractivity contribution in [2.45, 2.75) is 84.5 Å². The molecule has 0 saturated heterocycles. The van der Waals surface area contributed by atoms with Crippen LogP contribution < -0.4 is 0 Å². The number of rotatable bonds is 5. The van der Waals surface area contributed by atoms with Crippen LogP contribution in [0.5, 0.6) is 0 Å². The number of hydrogen-bond acceptors (Lipinski definition) is 7. The van der Waals surface area contributed by atoms with Crippen molar-refractivity contribution in [3.63, 3.8) is 0 Å². The summed E-state index contributed by atoms with van der Waals surface area (Å²) in [5.41, 5.74) is 4.04. The van der Waals surface area contributed by atoms with E-state index in [1.54, 1.807) is 0 Å². The molecule has 1 aromatic carbocycles. The Balaban J connectivity index is 1.55. The molecule has 0 unspecified atom stereocenters. The summed E-state index contributed by atoms with van der Waals surface area (Å²) in [4.78, 5) is 2.53. The van der Waals surface area contributed by atoms with E-state index in [1.165, 1.54) is 37.7 Å². The highest BCUT2D eigenvalue weighted by molar-refractivity contribution is 5.83. The van der Waals surface area contributed by atoms with E-state index < -0.39 is 0 Å². The smallest absolute Gasteiger partial charge is 0.184 e. The molecule has 0 spiro atoms. The Morgan fingerprint density at radius 3 is 2.53 bits per heavy atom. The van der Waals surface area contributed by atoms with Gasteiger partial charge in [-0.3, -0.25) is 4.90 Å². The fourth-order valence-electron chi connectivity index (χ4n) is 4.89. The van der Waals surface area contributed by atoms with Crippen LogP contribution in [0.2, 0.25) is 0 Å². The predicted molar refractivity (Wildman–Crippen MR) is 122 cm³/mol. The van der Waals surface area contributed by atoms with E-state index in [0.717, 1.165) is 34.5 Å². The van der Waals surface area contributed by atoms with Gasteiger partial charge in [0.15, 0.2) is 11.5 Å². The zero-order valence-electron chi connectivity index (χ0n) is 19.4. The zero-order valence-corrected chi connectivity index (χ0v) is 19.4. The van der Waals surface area contributed by atoms with Gasteiger partial charge in [-0.2, -0.15) is 4.52 Å². The minimum Gasteiger partial charge on any atom is -0.288 e. The van der Waals surface area contributed by atoms with Crippen molar-refractivity contribution >= 4 is 16.6 Å². The standard InChI is InChI=1S/C23H31N9/c1-16-10-11-20-17(12-16)13-18(22-25-27-28-31(20)22)14-30(19-8-6-5-7-9-19)15-21-24-26-29-32(21)23(2,3)4/h10-13,19H,5-9,14-15H2,1-4H3. The topological polar surface area (TPSA) is 89.9 Å². The number of nitrogens with zero attached hydrogens (tertiary/aromatic N) is 9. The largest absolute Gasteiger partial charge is 0.288 e. The van der Waals surface area contributed by atoms with Crippen molar-refractivity contribution in [1.82, 2.24) is 45.1 Å². The monoisotopic (exact) mass is 433 g/mol. The summed E-state index contributed by atoms with van der Waals surface area (Å²) in [6.45, 7) is 9.98. The van der Waals surface area contributed by atoms with E-state index in [-0.39, 0.29) is 5.54 Å². The molecule has 9 heteroatoms. The maximum atomic E-state index is 4.39. The molecule has 0 atom stereocenters. The van der Waals surface area contributed by atoms with E-state index in [4.69, 9.17) is 0 Å². The summed E-state index contributed by atoms with van der Waals surface area (Å²) >= 11 is 0. The molecule has 0 N–H and O–H groups in total. The fraction of sp³-hybridized carbons (Fsp3) is 0.565. The average Bonchev–Trinajstić information content (AvgIpc) is 3.43. The minimum absolute atomic E-state index is 0.165. The van der Waals surface area contributed by atoms with E-state index in [2.05, 4.69) is 87.9 Å². The number of benzene rings is 1. The van der Waals surface area contributed by atoms with Gasteiger partial charge >= 0.3 is 0 Å². The molecule has 1 fully saturated rings. The summed E-state index contributed by atoms with van der Waals surface area (Å²) in [6.07, 6.45) is 6.25. The van der Waals surface area contributed by atoms with Crippen molar-refractivity contribution in [1.29, 1.82) is 0 Å². The molecule has 1 aliphatic rings. The lowest BCUT2D eigenvalue weighted by molar-refractivity contribution is 0.131. The van der Waals surface area contributed by atoms with Gasteiger partial charge in [0.2, 0.25) is 0 Å². The highest BCUT2D eigenvalue weighted by Gasteiger charge is 2.27. The SMILES string of the molecule is Cc1ccc2c(c1)cc(CN(Cc1nnnn1C(C)(C)C)C1CCCCC1)c1nnnn12. The second kappa shape index (κ2) is 8.20. The van der Waals surface area contributed by atoms with Crippen molar-refractivity contribution in [2.24, 2.45) is 0 Å². The fourth-order valence-corrected chi connectivity index (χ4v) is 4.89. The molecule has 3 heterocycles. The van der Waals surface area contributed by atoms with Crippen LogP contribution in [0.4, 0.5) is 0 Å². The lowest BCUT2D eigenvalue weighted by Crippen LogP contribution is -2.38. The molecule has 0 bridgehead atoms. The summed E-state index contributed by atoms with van der Waals surface area (Å²) in [6, 6.07) is 9.14. The van der Waals surface area contributed by atoms with Crippen molar-refractivity contribution in [3.05, 3.63) is 41.2 Å². The van der Waals surface area contributed by atoms with Crippen molar-refractivity contribution in [3.8, 4) is 0 Å². The van der Waals surface area contributed by atoms with Crippen LogP contribution in [0.25, 0.3) is 16.6 Å². The summed E-state index contributed by atoms with van der Waals surface area (Å²) in [7, 11) is 0. The van der Waals surface area contributed by atoms with Crippen LogP contribution in [-0.2, 0) is 18.6 Å². The molecule has 5 rings (SSSR count). The Kier molecular flexibility index (Phi) is 5.36. The van der Waals surface area contributed by atoms with Crippen LogP contribution >= 0.6 is 0 Å². The lowest BCUT2D eigenvalue weighted by Gasteiger charge is -2.34. The van der Waals surface area contributed by atoms with Crippen molar-refractivity contribution in [2.75, 3.05) is 0 Å². The van der Waals surface area contributed by atoms with Gasteiger partial charge in [-0.15, -0.1) is 10.2 Å². The summed E-state index contributed by atoms with van der Waals surface area (Å²) in [5, 5.41) is 26.4. The third-order valence-electron chi connectivity index (χ3n) is 6.48. The van der Waals surface area contributed by atoms with Gasteiger partial charge in [-0.05, 0) is 79.6 Å². The number of fused-ring (bicyclic) bond motifs is 3. The van der Waals surface area contributed by atoms with Crippen LogP contribution in [0.3, 0.4) is 0 Å². The third kappa shape index (κ3) is 3.97. The normalized spacial score (nSPS) is 15.9. The number of tetrazole rings is 2. The van der Waals surface area contributed by atoms with E-state index in [0.29, 0.717) is 12.6 Å². The Morgan fingerprint density at radius 1 is 0.969 bits per heavy atom. The van der Waals surface area contributed by atoms with E-state index in [9.17, 15) is 0 Å². The molecule has 9 nitrogen and oxygen atoms in total. The number of aromatic nitrogens is 8. The van der Waals surface area contributed by atoms with E-state index >= 15 is 0 Å². The van der Waals surface area contributed by atoms with Crippen LogP contribution in [0.1, 0.15) is 69.8 Å². The number of aryl methyl sites for hydroxylation is 1. The minimum atomic E-state index is -0.165. The Hall–Kier alpha value is -2.94. The van der Waals surface area contributed by atoms with Crippen LogP contribution in [0, 0.1) is 6.92 Å². The first-order chi connectivity index (χ1) is 15.4. The molecule has 3 aromatic heterocycles. The third-order valence-corrected chi connectivity index (χ3v) is 6.48. The highest BCUT2D eigenvalue weighted by Crippen LogP contribution is 2.28. The Labute approximate surface area is 187 Å². The molecular formula is C23H31N9. The maximum Gasteiger partial charge on any atom is 0.184 e. The van der Waals surface area contributed by atoms with E-state index in [1.807, 2.05) is 9.20 Å². The molecule has 32 heavy (non-hydrogen) atoms. The number of pyridine rings is 1. The first-order valence-electron chi connectivity index (χ1n) is 11.5. The Bertz CT molecular complexity index is 1230. The zero-order chi connectivity index (χ0) is 22.3. The van der Waals surface area contributed by atoms with Gasteiger partial charge in [0, 0.05) is 23.5 Å². The van der Waals surface area contributed by atoms with Gasteiger partial charge < -0.3 is 0 Å². The first-order valence-corrected chi connectivity index (χ1v) is 11.5. The molecule has 0 aliphatic heterocycles. The maximum absolute atomic E-state index is 4.39. The Morgan fingerprint density at radius 2 is 1.75 bits per heavy atom. The van der Waals surface area contributed by atoms with Gasteiger partial charge in [0.1, 0.15) is 0 Å². The average molecular weight is 434 g/mol. The molecular weight excluding hydrogens is 402 g/mol. The molecule has 1 saturated carbocycles. The van der Waals surface area contributed by atoms with Gasteiger partial charge in [-0.25, -0.2) is 4.68 Å². The second-order valence-electron chi connectivity index (χ2n) is 10.0. The van der Waals surface area contributed by atoms with Gasteiger partial charge in [0.25, 0.3) is 0 Å². The molecule has 1 aliphatic carbocycles. The highest BCUT2D eigenvalue weighted by atomic mass is 15.6. The van der Waals surface area contributed by atoms with Gasteiger partial charge in [-0.1, -0.05) is 30.9 Å². The molecule has 0 amide bonds. The van der Waals surface area contributed by atoms with Crippen molar-refractivity contribution < 1.29 is 0 Å². The number of hydrogen-bond donors (Lipinski definition) is 0. The lowest BCUT2D eigenvalue weighted by atomic mass is 9.93. The summed E-state index contributed by atoms with van der Waals surface area (Å²) < 4.78 is 3.81. The first kappa shape index (κ1) is 20.9. The molecule has 0 radical (unpaired) electrons. The van der Waals surface area contributed by atoms with Crippen LogP contribution in [-0.4, -0.2) is 51.2 Å². The quantitative estimate of drug-likeness (QED) is 0.474.